The Morgan fingerprint density at radius 1 is 0.632 bits per heavy atom. The molecule has 0 bridgehead atoms. The second kappa shape index (κ2) is 20.9. The minimum atomic E-state index is -2.18. The van der Waals surface area contributed by atoms with Crippen molar-refractivity contribution in [2.24, 2.45) is 32.6 Å². The molecule has 0 radical (unpaired) electrons. The van der Waals surface area contributed by atoms with Crippen molar-refractivity contribution in [1.82, 2.24) is 0 Å². The normalized spacial score (nSPS) is 13.4. The third kappa shape index (κ3) is 10.5. The topological polar surface area (TPSA) is 188 Å². The smallest absolute Gasteiger partial charge is 0.348 e. The molecule has 8 N–H and O–H groups in total. The minimum absolute atomic E-state index is 0.283. The lowest BCUT2D eigenvalue weighted by molar-refractivity contribution is 0.383. The van der Waals surface area contributed by atoms with Gasteiger partial charge in [0.15, 0.2) is 23.0 Å². The molecule has 0 amide bonds. The van der Waals surface area contributed by atoms with Gasteiger partial charge in [-0.3, -0.25) is 9.98 Å². The number of hydrogen-bond donors (Lipinski definition) is 5. The number of para-hydroxylation sites is 6. The fourth-order valence-electron chi connectivity index (χ4n) is 7.61. The summed E-state index contributed by atoms with van der Waals surface area (Å²) >= 11 is 0. The first-order chi connectivity index (χ1) is 32.3. The molecule has 68 heavy (non-hydrogen) atoms. The summed E-state index contributed by atoms with van der Waals surface area (Å²) < 4.78 is 26.3. The van der Waals surface area contributed by atoms with Gasteiger partial charge in [0.25, 0.3) is 0 Å². The van der Waals surface area contributed by atoms with Gasteiger partial charge in [-0.05, 0) is 116 Å². The van der Waals surface area contributed by atoms with E-state index in [1.807, 2.05) is 123 Å². The zero-order chi connectivity index (χ0) is 49.7. The second-order valence-corrected chi connectivity index (χ2v) is 21.6. The van der Waals surface area contributed by atoms with Crippen molar-refractivity contribution in [3.63, 3.8) is 0 Å². The van der Waals surface area contributed by atoms with Crippen LogP contribution in [0.1, 0.15) is 88.8 Å². The van der Waals surface area contributed by atoms with Gasteiger partial charge in [-0.2, -0.15) is 10.3 Å². The third-order valence-electron chi connectivity index (χ3n) is 11.7. The van der Waals surface area contributed by atoms with Crippen molar-refractivity contribution in [3.05, 3.63) is 155 Å². The van der Waals surface area contributed by atoms with Gasteiger partial charge < -0.3 is 24.6 Å². The van der Waals surface area contributed by atoms with Crippen LogP contribution in [0.5, 0.6) is 23.0 Å². The van der Waals surface area contributed by atoms with Crippen molar-refractivity contribution in [3.8, 4) is 23.0 Å². The molecular formula is C52H65N11O3P2. The number of aliphatic imine (C=N–C) groups is 2. The predicted octanol–water partition coefficient (Wildman–Crippen LogP) is 14.1. The zero-order valence-corrected chi connectivity index (χ0v) is 42.8. The van der Waals surface area contributed by atoms with Crippen LogP contribution in [0, 0.1) is 19.4 Å². The Balaban J connectivity index is 0.00000376. The molecule has 1 aliphatic rings. The van der Waals surface area contributed by atoms with Gasteiger partial charge >= 0.3 is 16.9 Å². The maximum absolute atomic E-state index is 8.61. The van der Waals surface area contributed by atoms with E-state index in [-0.39, 0.29) is 10.8 Å². The van der Waals surface area contributed by atoms with E-state index in [4.69, 9.17) is 31.0 Å². The van der Waals surface area contributed by atoms with E-state index in [1.54, 1.807) is 4.78 Å². The number of ether oxygens (including phenoxy) is 1. The molecule has 16 heteroatoms. The lowest BCUT2D eigenvalue weighted by Crippen LogP contribution is -2.34. The van der Waals surface area contributed by atoms with Crippen molar-refractivity contribution in [2.45, 2.75) is 85.5 Å². The molecular weight excluding hydrogens is 889 g/mol. The number of fused-ring (bicyclic) bond motifs is 2. The molecule has 1 aliphatic heterocycles. The average Bonchev–Trinajstić information content (AvgIpc) is 3.32. The second-order valence-electron chi connectivity index (χ2n) is 18.7. The van der Waals surface area contributed by atoms with Gasteiger partial charge in [0.1, 0.15) is 0 Å². The maximum Gasteiger partial charge on any atom is 0.348 e. The molecule has 0 spiro atoms. The molecule has 0 aromatic heterocycles. The highest BCUT2D eigenvalue weighted by Crippen LogP contribution is 2.61. The zero-order valence-electron chi connectivity index (χ0n) is 41.0. The standard InChI is InChI=1S/C51H60N10O3P2.CH5N/c1-33-21-13-15-23-39(33)57-65(59(53)43-27-19-16-24-40(43)55-11)63-45-31-35(49(3,4)5)29-37-47(45)62-48-38(51(37,9)10)30-36(50(6,7)8)32-46(48)64-66(60(54)44-28-20-17-25-41(44)56-12)61(58-52)42-26-18-14-22-34(42)2;1-2/h13-32,52,57H,11-12,53-54H2,1-10H3;2H2,1H3. The quantitative estimate of drug-likeness (QED) is 0.0218. The number of hydrogen-bond acceptors (Lipinski definition) is 13. The highest BCUT2D eigenvalue weighted by atomic mass is 31.2. The Morgan fingerprint density at radius 3 is 1.54 bits per heavy atom. The predicted molar refractivity (Wildman–Crippen MR) is 286 cm³/mol. The van der Waals surface area contributed by atoms with Gasteiger partial charge in [0.05, 0.1) is 28.4 Å². The molecule has 2 unspecified atom stereocenters. The van der Waals surface area contributed by atoms with Crippen molar-refractivity contribution in [2.75, 3.05) is 26.5 Å². The molecule has 0 aliphatic carbocycles. The van der Waals surface area contributed by atoms with Gasteiger partial charge in [-0.1, -0.05) is 133 Å². The molecule has 1 heterocycles. The fourth-order valence-corrected chi connectivity index (χ4v) is 10.5. The first-order valence-electron chi connectivity index (χ1n) is 22.1. The number of nitrogens with zero attached hydrogens (tertiary/aromatic N) is 6. The number of benzene rings is 6. The summed E-state index contributed by atoms with van der Waals surface area (Å²) in [5.41, 5.74) is 21.4. The van der Waals surface area contributed by atoms with E-state index < -0.39 is 22.3 Å². The Labute approximate surface area is 404 Å². The summed E-state index contributed by atoms with van der Waals surface area (Å²) in [7, 11) is -2.56. The molecule has 2 atom stereocenters. The van der Waals surface area contributed by atoms with Crippen molar-refractivity contribution in [1.29, 1.82) is 5.53 Å². The van der Waals surface area contributed by atoms with Crippen LogP contribution in [0.2, 0.25) is 0 Å². The summed E-state index contributed by atoms with van der Waals surface area (Å²) in [5.74, 6) is 16.1. The SMILES string of the molecule is C=Nc1ccccc1N(N)P(Nc1ccccc1C)Oc1cc(C(C)(C)C)cc2c1Oc1c(OP(N(N)c3ccccc3N=C)N(N=N)c3ccccc3C)cc(C(C)(C)C)cc1C2(C)C.CN. The van der Waals surface area contributed by atoms with E-state index in [9.17, 15) is 0 Å². The summed E-state index contributed by atoms with van der Waals surface area (Å²) in [5, 5.41) is 7.69. The molecule has 356 valence electrons. The van der Waals surface area contributed by atoms with Crippen molar-refractivity contribution < 1.29 is 13.8 Å². The first-order valence-corrected chi connectivity index (χ1v) is 24.5. The molecule has 7 rings (SSSR count). The number of anilines is 4. The van der Waals surface area contributed by atoms with E-state index >= 15 is 0 Å². The Bertz CT molecular complexity index is 2790. The Kier molecular flexibility index (Phi) is 15.6. The van der Waals surface area contributed by atoms with Crippen LogP contribution in [0.25, 0.3) is 0 Å². The van der Waals surface area contributed by atoms with E-state index in [0.717, 1.165) is 39.1 Å². The van der Waals surface area contributed by atoms with Gasteiger partial charge in [0.2, 0.25) is 0 Å². The summed E-state index contributed by atoms with van der Waals surface area (Å²) in [6.45, 7) is 29.0. The lowest BCUT2D eigenvalue weighted by atomic mass is 9.72. The highest BCUT2D eigenvalue weighted by Gasteiger charge is 2.43. The van der Waals surface area contributed by atoms with Gasteiger partial charge in [-0.15, -0.1) is 0 Å². The van der Waals surface area contributed by atoms with Gasteiger partial charge in [0, 0.05) is 22.2 Å². The van der Waals surface area contributed by atoms with Crippen LogP contribution in [0.15, 0.2) is 137 Å². The van der Waals surface area contributed by atoms with E-state index in [0.29, 0.717) is 51.4 Å². The van der Waals surface area contributed by atoms with Crippen LogP contribution < -0.4 is 50.6 Å². The number of nitrogens with one attached hydrogen (secondary N) is 2. The largest absolute Gasteiger partial charge is 0.449 e. The number of hydrazine groups is 2. The molecule has 0 saturated carbocycles. The van der Waals surface area contributed by atoms with E-state index in [1.165, 1.54) is 16.6 Å². The monoisotopic (exact) mass is 953 g/mol. The first kappa shape index (κ1) is 51.0. The summed E-state index contributed by atoms with van der Waals surface area (Å²) in [6.07, 6.45) is 0. The van der Waals surface area contributed by atoms with Crippen LogP contribution in [-0.4, -0.2) is 20.5 Å². The maximum atomic E-state index is 8.61. The van der Waals surface area contributed by atoms with Gasteiger partial charge in [-0.25, -0.2) is 21.2 Å². The Hall–Kier alpha value is -6.40. The number of rotatable bonds is 15. The summed E-state index contributed by atoms with van der Waals surface area (Å²) in [4.78, 5) is 8.55. The number of aryl methyl sites for hydroxylation is 2. The van der Waals surface area contributed by atoms with Crippen LogP contribution in [0.4, 0.5) is 34.1 Å². The molecule has 0 fully saturated rings. The van der Waals surface area contributed by atoms with E-state index in [2.05, 4.69) is 107 Å². The molecule has 6 aromatic rings. The molecule has 0 saturated heterocycles. The van der Waals surface area contributed by atoms with Crippen LogP contribution in [0.3, 0.4) is 0 Å². The highest BCUT2D eigenvalue weighted by molar-refractivity contribution is 7.56. The lowest BCUT2D eigenvalue weighted by Gasteiger charge is -2.40. The number of nitrogens with two attached hydrogens (primary N) is 3. The molecule has 6 aromatic carbocycles. The van der Waals surface area contributed by atoms with Crippen LogP contribution in [-0.2, 0) is 16.2 Å². The fraction of sp³-hybridized carbons (Fsp3) is 0.269. The minimum Gasteiger partial charge on any atom is -0.449 e. The third-order valence-corrected chi connectivity index (χ3v) is 14.7. The average molecular weight is 954 g/mol. The molecule has 14 nitrogen and oxygen atoms in total. The van der Waals surface area contributed by atoms with Crippen LogP contribution >= 0.6 is 16.9 Å². The Morgan fingerprint density at radius 2 is 1.07 bits per heavy atom. The van der Waals surface area contributed by atoms with Crippen molar-refractivity contribution >= 4 is 64.5 Å². The summed E-state index contributed by atoms with van der Waals surface area (Å²) in [6, 6.07) is 39.1.